The van der Waals surface area contributed by atoms with E-state index in [2.05, 4.69) is 5.32 Å². The van der Waals surface area contributed by atoms with Gasteiger partial charge in [0, 0.05) is 12.6 Å². The van der Waals surface area contributed by atoms with Crippen LogP contribution in [-0.2, 0) is 6.42 Å². The second kappa shape index (κ2) is 7.12. The van der Waals surface area contributed by atoms with Crippen LogP contribution in [0.2, 0.25) is 0 Å². The number of benzene rings is 2. The van der Waals surface area contributed by atoms with Gasteiger partial charge in [-0.25, -0.2) is 8.78 Å². The van der Waals surface area contributed by atoms with Gasteiger partial charge in [-0.2, -0.15) is 0 Å². The van der Waals surface area contributed by atoms with Crippen molar-refractivity contribution in [1.82, 2.24) is 5.32 Å². The topological polar surface area (TPSA) is 32.3 Å². The summed E-state index contributed by atoms with van der Waals surface area (Å²) in [4.78, 5) is 0. The molecule has 0 radical (unpaired) electrons. The summed E-state index contributed by atoms with van der Waals surface area (Å²) in [6, 6.07) is 12.8. The molecule has 0 aliphatic carbocycles. The normalized spacial score (nSPS) is 12.3. The monoisotopic (exact) mass is 277 g/mol. The first-order valence-corrected chi connectivity index (χ1v) is 6.54. The maximum Gasteiger partial charge on any atom is 0.126 e. The minimum atomic E-state index is -0.583. The average Bonchev–Trinajstić information content (AvgIpc) is 2.43. The molecular weight excluding hydrogens is 260 g/mol. The molecule has 2 rings (SSSR count). The van der Waals surface area contributed by atoms with Crippen LogP contribution < -0.4 is 5.32 Å². The number of nitrogens with one attached hydrogen (secondary N) is 1. The largest absolute Gasteiger partial charge is 0.387 e. The van der Waals surface area contributed by atoms with Gasteiger partial charge in [-0.05, 0) is 36.2 Å². The van der Waals surface area contributed by atoms with Crippen LogP contribution in [0.3, 0.4) is 0 Å². The first-order valence-electron chi connectivity index (χ1n) is 6.54. The summed E-state index contributed by atoms with van der Waals surface area (Å²) >= 11 is 0. The molecule has 20 heavy (non-hydrogen) atoms. The molecular formula is C16H17F2NO. The molecule has 2 nitrogen and oxygen atoms in total. The van der Waals surface area contributed by atoms with E-state index in [-0.39, 0.29) is 0 Å². The van der Waals surface area contributed by atoms with Crippen LogP contribution in [0, 0.1) is 11.6 Å². The van der Waals surface area contributed by atoms with Crippen LogP contribution in [0.1, 0.15) is 17.2 Å². The summed E-state index contributed by atoms with van der Waals surface area (Å²) in [7, 11) is 0. The smallest absolute Gasteiger partial charge is 0.126 e. The lowest BCUT2D eigenvalue weighted by molar-refractivity contribution is 0.175. The van der Waals surface area contributed by atoms with Gasteiger partial charge in [-0.15, -0.1) is 0 Å². The zero-order valence-electron chi connectivity index (χ0n) is 11.0. The number of hydrogen-bond acceptors (Lipinski definition) is 2. The second-order valence-corrected chi connectivity index (χ2v) is 4.66. The Morgan fingerprint density at radius 2 is 1.65 bits per heavy atom. The molecule has 1 atom stereocenters. The molecule has 0 aliphatic rings. The Morgan fingerprint density at radius 3 is 2.30 bits per heavy atom. The third kappa shape index (κ3) is 4.40. The van der Waals surface area contributed by atoms with E-state index in [4.69, 9.17) is 0 Å². The van der Waals surface area contributed by atoms with E-state index in [1.54, 1.807) is 0 Å². The van der Waals surface area contributed by atoms with Gasteiger partial charge in [0.15, 0.2) is 0 Å². The molecule has 106 valence electrons. The number of aliphatic hydroxyl groups is 1. The first kappa shape index (κ1) is 14.6. The van der Waals surface area contributed by atoms with Gasteiger partial charge in [0.1, 0.15) is 11.6 Å². The fourth-order valence-electron chi connectivity index (χ4n) is 2.02. The van der Waals surface area contributed by atoms with E-state index in [0.29, 0.717) is 25.1 Å². The predicted octanol–water partition coefficient (Wildman–Crippen LogP) is 2.83. The highest BCUT2D eigenvalue weighted by Crippen LogP contribution is 2.11. The Morgan fingerprint density at radius 1 is 1.00 bits per heavy atom. The molecule has 0 amide bonds. The highest BCUT2D eigenvalue weighted by atomic mass is 19.1. The van der Waals surface area contributed by atoms with Gasteiger partial charge >= 0.3 is 0 Å². The molecule has 0 spiro atoms. The average molecular weight is 277 g/mol. The summed E-state index contributed by atoms with van der Waals surface area (Å²) < 4.78 is 26.0. The van der Waals surface area contributed by atoms with E-state index in [1.807, 2.05) is 30.3 Å². The molecule has 0 saturated heterocycles. The Balaban J connectivity index is 1.76. The van der Waals surface area contributed by atoms with Crippen molar-refractivity contribution in [1.29, 1.82) is 0 Å². The molecule has 0 bridgehead atoms. The van der Waals surface area contributed by atoms with Crippen LogP contribution in [0.25, 0.3) is 0 Å². The van der Waals surface area contributed by atoms with Crippen molar-refractivity contribution in [2.45, 2.75) is 12.5 Å². The third-order valence-electron chi connectivity index (χ3n) is 3.03. The molecule has 2 N–H and O–H groups in total. The lowest BCUT2D eigenvalue weighted by Gasteiger charge is -2.12. The first-order chi connectivity index (χ1) is 9.65. The van der Waals surface area contributed by atoms with Crippen molar-refractivity contribution in [3.8, 4) is 0 Å². The quantitative estimate of drug-likeness (QED) is 0.796. The van der Waals surface area contributed by atoms with Gasteiger partial charge in [-0.3, -0.25) is 0 Å². The van der Waals surface area contributed by atoms with E-state index >= 15 is 0 Å². The number of rotatable bonds is 6. The summed E-state index contributed by atoms with van der Waals surface area (Å²) in [5, 5.41) is 13.0. The Hall–Kier alpha value is -1.78. The molecule has 2 aromatic carbocycles. The standard InChI is InChI=1S/C16H17F2NO/c17-14-8-12(9-15(18)10-14)6-7-19-11-16(20)13-4-2-1-3-5-13/h1-5,8-10,16,19-20H,6-7,11H2. The maximum atomic E-state index is 13.0. The highest BCUT2D eigenvalue weighted by Gasteiger charge is 2.06. The van der Waals surface area contributed by atoms with Gasteiger partial charge in [0.25, 0.3) is 0 Å². The van der Waals surface area contributed by atoms with Crippen LogP contribution in [-0.4, -0.2) is 18.2 Å². The van der Waals surface area contributed by atoms with Gasteiger partial charge in [0.2, 0.25) is 0 Å². The van der Waals surface area contributed by atoms with Gasteiger partial charge in [-0.1, -0.05) is 30.3 Å². The predicted molar refractivity (Wildman–Crippen MR) is 74.3 cm³/mol. The zero-order valence-corrected chi connectivity index (χ0v) is 11.0. The summed E-state index contributed by atoms with van der Waals surface area (Å²) in [5.41, 5.74) is 1.45. The molecule has 0 aliphatic heterocycles. The molecule has 0 heterocycles. The molecule has 2 aromatic rings. The summed E-state index contributed by atoms with van der Waals surface area (Å²) in [6.07, 6.45) is -0.0728. The maximum absolute atomic E-state index is 13.0. The van der Waals surface area contributed by atoms with Crippen molar-refractivity contribution in [3.05, 3.63) is 71.3 Å². The minimum absolute atomic E-state index is 0.405. The Labute approximate surface area is 117 Å². The van der Waals surface area contributed by atoms with Crippen molar-refractivity contribution in [2.75, 3.05) is 13.1 Å². The Kier molecular flexibility index (Phi) is 5.21. The van der Waals surface area contributed by atoms with Crippen molar-refractivity contribution >= 4 is 0 Å². The summed E-state index contributed by atoms with van der Waals surface area (Å²) in [5.74, 6) is -1.13. The van der Waals surface area contributed by atoms with Crippen LogP contribution in [0.5, 0.6) is 0 Å². The van der Waals surface area contributed by atoms with Gasteiger partial charge < -0.3 is 10.4 Å². The third-order valence-corrected chi connectivity index (χ3v) is 3.03. The molecule has 0 saturated carbocycles. The fourth-order valence-corrected chi connectivity index (χ4v) is 2.02. The van der Waals surface area contributed by atoms with E-state index in [0.717, 1.165) is 11.6 Å². The lowest BCUT2D eigenvalue weighted by Crippen LogP contribution is -2.23. The van der Waals surface area contributed by atoms with E-state index < -0.39 is 17.7 Å². The van der Waals surface area contributed by atoms with Crippen molar-refractivity contribution in [2.24, 2.45) is 0 Å². The molecule has 0 aromatic heterocycles. The fraction of sp³-hybridized carbons (Fsp3) is 0.250. The second-order valence-electron chi connectivity index (χ2n) is 4.66. The molecule has 4 heteroatoms. The van der Waals surface area contributed by atoms with Crippen LogP contribution in [0.15, 0.2) is 48.5 Å². The lowest BCUT2D eigenvalue weighted by atomic mass is 10.1. The van der Waals surface area contributed by atoms with E-state index in [9.17, 15) is 13.9 Å². The van der Waals surface area contributed by atoms with Crippen LogP contribution in [0.4, 0.5) is 8.78 Å². The minimum Gasteiger partial charge on any atom is -0.387 e. The Bertz CT molecular complexity index is 525. The molecule has 0 fully saturated rings. The highest BCUT2D eigenvalue weighted by molar-refractivity contribution is 5.19. The SMILES string of the molecule is OC(CNCCc1cc(F)cc(F)c1)c1ccccc1. The zero-order chi connectivity index (χ0) is 14.4. The number of halogens is 2. The number of hydrogen-bond donors (Lipinski definition) is 2. The van der Waals surface area contributed by atoms with Gasteiger partial charge in [0.05, 0.1) is 6.10 Å². The van der Waals surface area contributed by atoms with E-state index in [1.165, 1.54) is 12.1 Å². The summed E-state index contributed by atoms with van der Waals surface area (Å²) in [6.45, 7) is 0.953. The van der Waals surface area contributed by atoms with Crippen molar-refractivity contribution in [3.63, 3.8) is 0 Å². The number of aliphatic hydroxyl groups excluding tert-OH is 1. The molecule has 1 unspecified atom stereocenters. The van der Waals surface area contributed by atoms with Crippen molar-refractivity contribution < 1.29 is 13.9 Å². The van der Waals surface area contributed by atoms with Crippen LogP contribution >= 0.6 is 0 Å².